The summed E-state index contributed by atoms with van der Waals surface area (Å²) in [7, 11) is 0. The first-order valence-corrected chi connectivity index (χ1v) is 7.48. The first-order valence-electron chi connectivity index (χ1n) is 7.48. The fourth-order valence-corrected chi connectivity index (χ4v) is 2.49. The molecule has 0 aliphatic heterocycles. The van der Waals surface area contributed by atoms with Gasteiger partial charge in [-0.15, -0.1) is 0 Å². The van der Waals surface area contributed by atoms with E-state index in [1.165, 1.54) is 13.0 Å². The van der Waals surface area contributed by atoms with Crippen LogP contribution in [0.3, 0.4) is 0 Å². The highest BCUT2D eigenvalue weighted by atomic mass is 16.5. The number of Topliss-reactive ketones (excluding diaryl/α,β-unsaturated/α-hetero) is 1. The van der Waals surface area contributed by atoms with Gasteiger partial charge in [0.2, 0.25) is 11.3 Å². The molecule has 1 aromatic heterocycles. The molecule has 1 N–H and O–H groups in total. The van der Waals surface area contributed by atoms with Gasteiger partial charge in [-0.3, -0.25) is 9.59 Å². The fourth-order valence-electron chi connectivity index (χ4n) is 2.49. The van der Waals surface area contributed by atoms with Crippen LogP contribution in [0.4, 0.5) is 0 Å². The van der Waals surface area contributed by atoms with Crippen molar-refractivity contribution in [3.8, 4) is 0 Å². The Hall–Kier alpha value is -3.21. The van der Waals surface area contributed by atoms with Crippen LogP contribution < -0.4 is 5.56 Å². The molecule has 24 heavy (non-hydrogen) atoms. The number of carbonyl (C=O) groups excluding carboxylic acids is 2. The van der Waals surface area contributed by atoms with Gasteiger partial charge in [0.25, 0.3) is 0 Å². The topological polar surface area (TPSA) is 76.2 Å². The predicted molar refractivity (Wildman–Crippen MR) is 90.2 cm³/mol. The van der Waals surface area contributed by atoms with Crippen molar-refractivity contribution in [2.24, 2.45) is 0 Å². The van der Waals surface area contributed by atoms with Gasteiger partial charge < -0.3 is 9.72 Å². The molecule has 0 aliphatic carbocycles. The van der Waals surface area contributed by atoms with Crippen molar-refractivity contribution in [2.45, 2.75) is 13.0 Å². The summed E-state index contributed by atoms with van der Waals surface area (Å²) >= 11 is 0. The minimum Gasteiger partial charge on any atom is -0.451 e. The van der Waals surface area contributed by atoms with Crippen molar-refractivity contribution < 1.29 is 14.3 Å². The second-order valence-electron chi connectivity index (χ2n) is 5.37. The van der Waals surface area contributed by atoms with Gasteiger partial charge in [0.1, 0.15) is 0 Å². The number of benzene rings is 2. The molecule has 2 aromatic carbocycles. The SMILES string of the molecule is C[C@@H](OC(=O)c1cc(=O)[nH]c2ccccc12)C(=O)c1ccccc1. The van der Waals surface area contributed by atoms with Crippen LogP contribution in [-0.4, -0.2) is 22.8 Å². The number of esters is 1. The van der Waals surface area contributed by atoms with Crippen molar-refractivity contribution in [3.05, 3.63) is 82.1 Å². The van der Waals surface area contributed by atoms with Crippen molar-refractivity contribution >= 4 is 22.7 Å². The quantitative estimate of drug-likeness (QED) is 0.592. The first kappa shape index (κ1) is 15.7. The first-order chi connectivity index (χ1) is 11.6. The van der Waals surface area contributed by atoms with E-state index < -0.39 is 17.6 Å². The van der Waals surface area contributed by atoms with Crippen molar-refractivity contribution in [2.75, 3.05) is 0 Å². The molecule has 120 valence electrons. The van der Waals surface area contributed by atoms with E-state index in [4.69, 9.17) is 4.74 Å². The number of hydrogen-bond donors (Lipinski definition) is 1. The van der Waals surface area contributed by atoms with Gasteiger partial charge in [-0.2, -0.15) is 0 Å². The van der Waals surface area contributed by atoms with Crippen molar-refractivity contribution in [1.29, 1.82) is 0 Å². The maximum Gasteiger partial charge on any atom is 0.339 e. The maximum absolute atomic E-state index is 12.4. The van der Waals surface area contributed by atoms with Crippen LogP contribution in [0.5, 0.6) is 0 Å². The normalized spacial score (nSPS) is 11.9. The van der Waals surface area contributed by atoms with Gasteiger partial charge in [0.15, 0.2) is 6.10 Å². The monoisotopic (exact) mass is 321 g/mol. The number of nitrogens with one attached hydrogen (secondary N) is 1. The van der Waals surface area contributed by atoms with Gasteiger partial charge in [0.05, 0.1) is 5.56 Å². The number of ether oxygens (including phenoxy) is 1. The summed E-state index contributed by atoms with van der Waals surface area (Å²) in [6.45, 7) is 1.52. The van der Waals surface area contributed by atoms with Crippen LogP contribution in [0.25, 0.3) is 10.9 Å². The summed E-state index contributed by atoms with van der Waals surface area (Å²) in [5.74, 6) is -0.993. The fraction of sp³-hybridized carbons (Fsp3) is 0.105. The molecule has 5 nitrogen and oxygen atoms in total. The Kier molecular flexibility index (Phi) is 4.24. The van der Waals surface area contributed by atoms with E-state index in [2.05, 4.69) is 4.98 Å². The van der Waals surface area contributed by atoms with Crippen molar-refractivity contribution in [3.63, 3.8) is 0 Å². The highest BCUT2D eigenvalue weighted by Crippen LogP contribution is 2.17. The van der Waals surface area contributed by atoms with Crippen LogP contribution in [0.1, 0.15) is 27.6 Å². The number of hydrogen-bond acceptors (Lipinski definition) is 4. The second kappa shape index (κ2) is 6.50. The van der Waals surface area contributed by atoms with Crippen LogP contribution >= 0.6 is 0 Å². The highest BCUT2D eigenvalue weighted by Gasteiger charge is 2.21. The minimum atomic E-state index is -0.946. The molecular weight excluding hydrogens is 306 g/mol. The molecule has 0 radical (unpaired) electrons. The lowest BCUT2D eigenvalue weighted by atomic mass is 10.1. The van der Waals surface area contributed by atoms with Gasteiger partial charge in [-0.05, 0) is 13.0 Å². The van der Waals surface area contributed by atoms with E-state index in [0.29, 0.717) is 16.5 Å². The molecule has 0 aliphatic rings. The zero-order valence-corrected chi connectivity index (χ0v) is 13.0. The average Bonchev–Trinajstić information content (AvgIpc) is 2.60. The molecule has 0 spiro atoms. The number of aromatic amines is 1. The molecule has 0 saturated heterocycles. The molecule has 0 bridgehead atoms. The molecule has 3 aromatic rings. The minimum absolute atomic E-state index is 0.141. The summed E-state index contributed by atoms with van der Waals surface area (Å²) in [5.41, 5.74) is 0.748. The summed E-state index contributed by atoms with van der Waals surface area (Å²) in [5, 5.41) is 0.571. The van der Waals surface area contributed by atoms with Crippen molar-refractivity contribution in [1.82, 2.24) is 4.98 Å². The molecule has 1 atom stereocenters. The van der Waals surface area contributed by atoms with Gasteiger partial charge >= 0.3 is 5.97 Å². The number of pyridine rings is 1. The van der Waals surface area contributed by atoms with E-state index in [0.717, 1.165) is 0 Å². The maximum atomic E-state index is 12.4. The Balaban J connectivity index is 1.88. The zero-order chi connectivity index (χ0) is 17.1. The third kappa shape index (κ3) is 3.10. The Labute approximate surface area is 137 Å². The van der Waals surface area contributed by atoms with Crippen LogP contribution in [0, 0.1) is 0 Å². The number of aromatic nitrogens is 1. The van der Waals surface area contributed by atoms with Crippen LogP contribution in [-0.2, 0) is 4.74 Å². The van der Waals surface area contributed by atoms with E-state index in [-0.39, 0.29) is 11.3 Å². The molecule has 0 fully saturated rings. The largest absolute Gasteiger partial charge is 0.451 e. The molecule has 0 amide bonds. The van der Waals surface area contributed by atoms with E-state index in [1.807, 2.05) is 0 Å². The molecule has 0 unspecified atom stereocenters. The Morgan fingerprint density at radius 2 is 1.67 bits per heavy atom. The van der Waals surface area contributed by atoms with E-state index in [1.54, 1.807) is 54.6 Å². The highest BCUT2D eigenvalue weighted by molar-refractivity contribution is 6.05. The average molecular weight is 321 g/mol. The Morgan fingerprint density at radius 1 is 1.00 bits per heavy atom. The van der Waals surface area contributed by atoms with Gasteiger partial charge in [-0.25, -0.2) is 4.79 Å². The number of carbonyl (C=O) groups is 2. The summed E-state index contributed by atoms with van der Waals surface area (Å²) in [6.07, 6.45) is -0.946. The van der Waals surface area contributed by atoms with E-state index >= 15 is 0 Å². The number of fused-ring (bicyclic) bond motifs is 1. The lowest BCUT2D eigenvalue weighted by Gasteiger charge is -2.13. The Morgan fingerprint density at radius 3 is 2.42 bits per heavy atom. The second-order valence-corrected chi connectivity index (χ2v) is 5.37. The zero-order valence-electron chi connectivity index (χ0n) is 13.0. The summed E-state index contributed by atoms with van der Waals surface area (Å²) < 4.78 is 5.27. The molecule has 0 saturated carbocycles. The summed E-state index contributed by atoms with van der Waals surface area (Å²) in [6, 6.07) is 16.7. The Bertz CT molecular complexity index is 960. The van der Waals surface area contributed by atoms with Gasteiger partial charge in [0, 0.05) is 22.5 Å². The number of H-pyrrole nitrogens is 1. The van der Waals surface area contributed by atoms with Gasteiger partial charge in [-0.1, -0.05) is 48.5 Å². The summed E-state index contributed by atoms with van der Waals surface area (Å²) in [4.78, 5) is 39.1. The molecular formula is C19H15NO4. The molecule has 5 heteroatoms. The standard InChI is InChI=1S/C19H15NO4/c1-12(18(22)13-7-3-2-4-8-13)24-19(23)15-11-17(21)20-16-10-6-5-9-14(15)16/h2-12H,1H3,(H,20,21)/t12-/m1/s1. The third-order valence-corrected chi connectivity index (χ3v) is 3.68. The number of rotatable bonds is 4. The van der Waals surface area contributed by atoms with Crippen LogP contribution in [0.15, 0.2) is 65.5 Å². The molecule has 3 rings (SSSR count). The molecule has 1 heterocycles. The predicted octanol–water partition coefficient (Wildman–Crippen LogP) is 2.96. The third-order valence-electron chi connectivity index (χ3n) is 3.68. The lowest BCUT2D eigenvalue weighted by Crippen LogP contribution is -2.25. The number of ketones is 1. The lowest BCUT2D eigenvalue weighted by molar-refractivity contribution is 0.0320. The van der Waals surface area contributed by atoms with E-state index in [9.17, 15) is 14.4 Å². The smallest absolute Gasteiger partial charge is 0.339 e. The van der Waals surface area contributed by atoms with Crippen LogP contribution in [0.2, 0.25) is 0 Å². The number of para-hydroxylation sites is 1.